The van der Waals surface area contributed by atoms with E-state index in [2.05, 4.69) is 0 Å². The molecule has 1 aromatic carbocycles. The highest BCUT2D eigenvalue weighted by molar-refractivity contribution is 5.97. The number of hydrogen-bond donors (Lipinski definition) is 2. The molecule has 106 valence electrons. The monoisotopic (exact) mass is 274 g/mol. The standard InChI is InChI=1S/C12H16F2N2O3/c1-19-8-2-3-10(17)9(6-8)12(18)16(5-4-15)7-11(13)14/h2-3,6,11,17H,4-5,7,15H2,1H3. The molecular weight excluding hydrogens is 258 g/mol. The first-order valence-corrected chi connectivity index (χ1v) is 5.64. The molecule has 0 radical (unpaired) electrons. The van der Waals surface area contributed by atoms with Gasteiger partial charge in [-0.25, -0.2) is 8.78 Å². The van der Waals surface area contributed by atoms with E-state index in [0.29, 0.717) is 5.75 Å². The van der Waals surface area contributed by atoms with Crippen LogP contribution in [0.5, 0.6) is 11.5 Å². The fraction of sp³-hybridized carbons (Fsp3) is 0.417. The number of carbonyl (C=O) groups is 1. The van der Waals surface area contributed by atoms with E-state index >= 15 is 0 Å². The number of alkyl halides is 2. The number of phenolic OH excluding ortho intramolecular Hbond substituents is 1. The van der Waals surface area contributed by atoms with Crippen molar-refractivity contribution in [2.24, 2.45) is 5.73 Å². The van der Waals surface area contributed by atoms with E-state index in [0.717, 1.165) is 4.90 Å². The van der Waals surface area contributed by atoms with Gasteiger partial charge in [0.1, 0.15) is 11.5 Å². The number of aromatic hydroxyl groups is 1. The predicted molar refractivity (Wildman–Crippen MR) is 65.6 cm³/mol. The second kappa shape index (κ2) is 6.89. The molecule has 0 bridgehead atoms. The van der Waals surface area contributed by atoms with Crippen LogP contribution in [0, 0.1) is 0 Å². The second-order valence-corrected chi connectivity index (χ2v) is 3.81. The highest BCUT2D eigenvalue weighted by atomic mass is 19.3. The molecular formula is C12H16F2N2O3. The molecule has 0 aromatic heterocycles. The number of amides is 1. The Balaban J connectivity index is 3.01. The number of carbonyl (C=O) groups excluding carboxylic acids is 1. The first-order valence-electron chi connectivity index (χ1n) is 5.64. The highest BCUT2D eigenvalue weighted by Crippen LogP contribution is 2.24. The van der Waals surface area contributed by atoms with Gasteiger partial charge in [-0.05, 0) is 18.2 Å². The summed E-state index contributed by atoms with van der Waals surface area (Å²) >= 11 is 0. The largest absolute Gasteiger partial charge is 0.507 e. The Hall–Kier alpha value is -1.89. The lowest BCUT2D eigenvalue weighted by molar-refractivity contribution is 0.0560. The number of halogens is 2. The number of ether oxygens (including phenoxy) is 1. The summed E-state index contributed by atoms with van der Waals surface area (Å²) in [6.45, 7) is -0.685. The average molecular weight is 274 g/mol. The van der Waals surface area contributed by atoms with Crippen LogP contribution in [-0.4, -0.2) is 49.1 Å². The van der Waals surface area contributed by atoms with Gasteiger partial charge in [0.2, 0.25) is 0 Å². The summed E-state index contributed by atoms with van der Waals surface area (Å²) in [6, 6.07) is 4.04. The third-order valence-corrected chi connectivity index (χ3v) is 2.48. The lowest BCUT2D eigenvalue weighted by atomic mass is 10.1. The summed E-state index contributed by atoms with van der Waals surface area (Å²) in [4.78, 5) is 13.0. The van der Waals surface area contributed by atoms with Crippen LogP contribution in [-0.2, 0) is 0 Å². The fourth-order valence-electron chi connectivity index (χ4n) is 1.58. The van der Waals surface area contributed by atoms with E-state index in [9.17, 15) is 18.7 Å². The summed E-state index contributed by atoms with van der Waals surface area (Å²) < 4.78 is 29.7. The summed E-state index contributed by atoms with van der Waals surface area (Å²) in [5.74, 6) is -0.643. The quantitative estimate of drug-likeness (QED) is 0.813. The van der Waals surface area contributed by atoms with Crippen molar-refractivity contribution in [3.63, 3.8) is 0 Å². The number of benzene rings is 1. The van der Waals surface area contributed by atoms with E-state index < -0.39 is 18.9 Å². The molecule has 3 N–H and O–H groups in total. The number of phenols is 1. The second-order valence-electron chi connectivity index (χ2n) is 3.81. The van der Waals surface area contributed by atoms with Crippen molar-refractivity contribution in [3.8, 4) is 11.5 Å². The van der Waals surface area contributed by atoms with Crippen LogP contribution in [0.3, 0.4) is 0 Å². The minimum absolute atomic E-state index is 0.0141. The van der Waals surface area contributed by atoms with Gasteiger partial charge >= 0.3 is 0 Å². The lowest BCUT2D eigenvalue weighted by Gasteiger charge is -2.22. The normalized spacial score (nSPS) is 10.6. The number of hydrogen-bond acceptors (Lipinski definition) is 4. The third-order valence-electron chi connectivity index (χ3n) is 2.48. The Kier molecular flexibility index (Phi) is 5.50. The predicted octanol–water partition coefficient (Wildman–Crippen LogP) is 1.07. The maximum absolute atomic E-state index is 12.4. The summed E-state index contributed by atoms with van der Waals surface area (Å²) in [7, 11) is 1.40. The fourth-order valence-corrected chi connectivity index (χ4v) is 1.58. The van der Waals surface area contributed by atoms with Gasteiger partial charge in [0.15, 0.2) is 0 Å². The maximum atomic E-state index is 12.4. The lowest BCUT2D eigenvalue weighted by Crippen LogP contribution is -2.38. The van der Waals surface area contributed by atoms with Gasteiger partial charge in [0.25, 0.3) is 12.3 Å². The van der Waals surface area contributed by atoms with Crippen molar-refractivity contribution in [3.05, 3.63) is 23.8 Å². The molecule has 0 aliphatic heterocycles. The molecule has 0 aliphatic rings. The average Bonchev–Trinajstić information content (AvgIpc) is 2.37. The molecule has 0 heterocycles. The molecule has 19 heavy (non-hydrogen) atoms. The minimum atomic E-state index is -2.66. The van der Waals surface area contributed by atoms with Crippen LogP contribution in [0.1, 0.15) is 10.4 Å². The molecule has 0 aliphatic carbocycles. The molecule has 0 saturated heterocycles. The summed E-state index contributed by atoms with van der Waals surface area (Å²) in [6.07, 6.45) is -2.66. The SMILES string of the molecule is COc1ccc(O)c(C(=O)N(CCN)CC(F)F)c1. The Labute approximate surface area is 109 Å². The molecule has 0 saturated carbocycles. The maximum Gasteiger partial charge on any atom is 0.257 e. The topological polar surface area (TPSA) is 75.8 Å². The molecule has 0 atom stereocenters. The molecule has 0 fully saturated rings. The van der Waals surface area contributed by atoms with Crippen LogP contribution < -0.4 is 10.5 Å². The van der Waals surface area contributed by atoms with Crippen LogP contribution in [0.15, 0.2) is 18.2 Å². The van der Waals surface area contributed by atoms with E-state index in [1.807, 2.05) is 0 Å². The van der Waals surface area contributed by atoms with Crippen LogP contribution in [0.2, 0.25) is 0 Å². The molecule has 7 heteroatoms. The number of nitrogens with zero attached hydrogens (tertiary/aromatic N) is 1. The first-order chi connectivity index (χ1) is 8.99. The van der Waals surface area contributed by atoms with E-state index in [1.54, 1.807) is 0 Å². The first kappa shape index (κ1) is 15.2. The Morgan fingerprint density at radius 3 is 2.74 bits per heavy atom. The van der Waals surface area contributed by atoms with Gasteiger partial charge < -0.3 is 20.5 Å². The zero-order chi connectivity index (χ0) is 14.4. The van der Waals surface area contributed by atoms with E-state index in [4.69, 9.17) is 10.5 Å². The van der Waals surface area contributed by atoms with Crippen molar-refractivity contribution in [2.75, 3.05) is 26.7 Å². The zero-order valence-electron chi connectivity index (χ0n) is 10.5. The minimum Gasteiger partial charge on any atom is -0.507 e. The Morgan fingerprint density at radius 2 is 2.21 bits per heavy atom. The van der Waals surface area contributed by atoms with Crippen molar-refractivity contribution >= 4 is 5.91 Å². The molecule has 1 rings (SSSR count). The summed E-state index contributed by atoms with van der Waals surface area (Å²) in [5.41, 5.74) is 5.20. The van der Waals surface area contributed by atoms with Gasteiger partial charge in [-0.3, -0.25) is 4.79 Å². The molecule has 1 aromatic rings. The van der Waals surface area contributed by atoms with Gasteiger partial charge in [-0.2, -0.15) is 0 Å². The Morgan fingerprint density at radius 1 is 1.53 bits per heavy atom. The van der Waals surface area contributed by atoms with Crippen molar-refractivity contribution < 1.29 is 23.4 Å². The van der Waals surface area contributed by atoms with Crippen LogP contribution in [0.4, 0.5) is 8.78 Å². The van der Waals surface area contributed by atoms with Gasteiger partial charge in [-0.1, -0.05) is 0 Å². The Bertz CT molecular complexity index is 441. The van der Waals surface area contributed by atoms with Crippen molar-refractivity contribution in [2.45, 2.75) is 6.43 Å². The summed E-state index contributed by atoms with van der Waals surface area (Å²) in [5, 5.41) is 9.63. The van der Waals surface area contributed by atoms with Crippen LogP contribution in [0.25, 0.3) is 0 Å². The number of methoxy groups -OCH3 is 1. The number of nitrogens with two attached hydrogens (primary N) is 1. The smallest absolute Gasteiger partial charge is 0.257 e. The van der Waals surface area contributed by atoms with Crippen LogP contribution >= 0.6 is 0 Å². The molecule has 5 nitrogen and oxygen atoms in total. The number of rotatable bonds is 6. The molecule has 0 unspecified atom stereocenters. The van der Waals surface area contributed by atoms with Gasteiger partial charge in [0.05, 0.1) is 19.2 Å². The third kappa shape index (κ3) is 4.06. The van der Waals surface area contributed by atoms with Gasteiger partial charge in [0, 0.05) is 13.1 Å². The van der Waals surface area contributed by atoms with Gasteiger partial charge in [-0.15, -0.1) is 0 Å². The molecule has 1 amide bonds. The van der Waals surface area contributed by atoms with E-state index in [-0.39, 0.29) is 24.4 Å². The van der Waals surface area contributed by atoms with E-state index in [1.165, 1.54) is 25.3 Å². The van der Waals surface area contributed by atoms with Crippen molar-refractivity contribution in [1.29, 1.82) is 0 Å². The molecule has 0 spiro atoms. The zero-order valence-corrected chi connectivity index (χ0v) is 10.5. The highest BCUT2D eigenvalue weighted by Gasteiger charge is 2.22. The van der Waals surface area contributed by atoms with Crippen molar-refractivity contribution in [1.82, 2.24) is 4.90 Å².